The number of nitrogens with one attached hydrogen (secondary N) is 2. The van der Waals surface area contributed by atoms with E-state index >= 15 is 0 Å². The summed E-state index contributed by atoms with van der Waals surface area (Å²) in [6.45, 7) is 3.78. The minimum Gasteiger partial charge on any atom is -0.365 e. The largest absolute Gasteiger partial charge is 0.365 e. The molecule has 0 fully saturated rings. The molecule has 148 valence electrons. The molecule has 5 nitrogen and oxygen atoms in total. The zero-order chi connectivity index (χ0) is 21.0. The molecule has 29 heavy (non-hydrogen) atoms. The number of carbonyl (C=O) groups excluding carboxylic acids is 2. The zero-order valence-electron chi connectivity index (χ0n) is 16.1. The Morgan fingerprint density at radius 3 is 2.45 bits per heavy atom. The van der Waals surface area contributed by atoms with Crippen molar-refractivity contribution < 1.29 is 9.59 Å². The summed E-state index contributed by atoms with van der Waals surface area (Å²) in [5, 5.41) is 6.28. The van der Waals surface area contributed by atoms with Crippen molar-refractivity contribution in [2.75, 3.05) is 5.32 Å². The molecule has 2 amide bonds. The smallest absolute Gasteiger partial charge is 0.257 e. The predicted octanol–water partition coefficient (Wildman–Crippen LogP) is 4.18. The van der Waals surface area contributed by atoms with Crippen molar-refractivity contribution in [3.8, 4) is 0 Å². The van der Waals surface area contributed by atoms with Crippen molar-refractivity contribution >= 4 is 45.5 Å². The SMILES string of the molecule is Cc1cccc(C(=O)NC(=S)Nc2sc(Cc3ccccc3)c(C)c2C(N)=O)c1. The van der Waals surface area contributed by atoms with Crippen LogP contribution in [0.25, 0.3) is 0 Å². The summed E-state index contributed by atoms with van der Waals surface area (Å²) in [4.78, 5) is 25.4. The highest BCUT2D eigenvalue weighted by Gasteiger charge is 2.20. The van der Waals surface area contributed by atoms with Gasteiger partial charge in [0.2, 0.25) is 0 Å². The number of aryl methyl sites for hydroxylation is 1. The second-order valence-electron chi connectivity index (χ2n) is 6.66. The monoisotopic (exact) mass is 423 g/mol. The molecule has 0 radical (unpaired) electrons. The Hall–Kier alpha value is -3.03. The summed E-state index contributed by atoms with van der Waals surface area (Å²) < 4.78 is 0. The zero-order valence-corrected chi connectivity index (χ0v) is 17.7. The molecule has 0 saturated carbocycles. The fraction of sp³-hybridized carbons (Fsp3) is 0.136. The summed E-state index contributed by atoms with van der Waals surface area (Å²) in [5.74, 6) is -0.849. The Labute approximate surface area is 178 Å². The molecule has 0 aliphatic carbocycles. The standard InChI is InChI=1S/C22H21N3O2S2/c1-13-7-6-10-16(11-13)20(27)24-22(28)25-21-18(19(23)26)14(2)17(29-21)12-15-8-4-3-5-9-15/h3-11H,12H2,1-2H3,(H2,23,26)(H2,24,25,27,28). The molecule has 2 aromatic carbocycles. The van der Waals surface area contributed by atoms with Crippen molar-refractivity contribution in [3.05, 3.63) is 87.3 Å². The predicted molar refractivity (Wildman–Crippen MR) is 122 cm³/mol. The first-order valence-corrected chi connectivity index (χ1v) is 10.2. The van der Waals surface area contributed by atoms with Crippen LogP contribution in [0.5, 0.6) is 0 Å². The first-order chi connectivity index (χ1) is 13.8. The van der Waals surface area contributed by atoms with Crippen LogP contribution in [0.4, 0.5) is 5.00 Å². The van der Waals surface area contributed by atoms with E-state index < -0.39 is 5.91 Å². The van der Waals surface area contributed by atoms with E-state index in [2.05, 4.69) is 10.6 Å². The van der Waals surface area contributed by atoms with Crippen LogP contribution in [0.2, 0.25) is 0 Å². The van der Waals surface area contributed by atoms with Gasteiger partial charge in [-0.2, -0.15) is 0 Å². The maximum absolute atomic E-state index is 12.4. The summed E-state index contributed by atoms with van der Waals surface area (Å²) >= 11 is 6.70. The van der Waals surface area contributed by atoms with E-state index in [-0.39, 0.29) is 11.0 Å². The molecule has 7 heteroatoms. The first kappa shape index (κ1) is 20.7. The Kier molecular flexibility index (Phi) is 6.41. The molecule has 0 spiro atoms. The number of hydrogen-bond acceptors (Lipinski definition) is 4. The minimum atomic E-state index is -0.534. The number of thiocarbonyl (C=S) groups is 1. The molecular weight excluding hydrogens is 402 g/mol. The average molecular weight is 424 g/mol. The highest BCUT2D eigenvalue weighted by molar-refractivity contribution is 7.80. The quantitative estimate of drug-likeness (QED) is 0.538. The third-order valence-corrected chi connectivity index (χ3v) is 5.85. The lowest BCUT2D eigenvalue weighted by atomic mass is 10.1. The van der Waals surface area contributed by atoms with Gasteiger partial charge < -0.3 is 11.1 Å². The molecule has 3 rings (SSSR count). The van der Waals surface area contributed by atoms with Gasteiger partial charge in [-0.15, -0.1) is 11.3 Å². The molecule has 0 bridgehead atoms. The first-order valence-electron chi connectivity index (χ1n) is 9.00. The maximum Gasteiger partial charge on any atom is 0.257 e. The van der Waals surface area contributed by atoms with Crippen molar-refractivity contribution in [1.82, 2.24) is 5.32 Å². The van der Waals surface area contributed by atoms with Crippen LogP contribution >= 0.6 is 23.6 Å². The Morgan fingerprint density at radius 1 is 1.07 bits per heavy atom. The van der Waals surface area contributed by atoms with Crippen LogP contribution in [0.1, 0.15) is 42.3 Å². The van der Waals surface area contributed by atoms with E-state index in [1.807, 2.05) is 56.3 Å². The summed E-state index contributed by atoms with van der Waals surface area (Å²) in [7, 11) is 0. The lowest BCUT2D eigenvalue weighted by Crippen LogP contribution is -2.34. The van der Waals surface area contributed by atoms with Crippen LogP contribution in [0, 0.1) is 13.8 Å². The number of hydrogen-bond donors (Lipinski definition) is 3. The van der Waals surface area contributed by atoms with Gasteiger partial charge in [-0.1, -0.05) is 48.0 Å². The number of nitrogens with two attached hydrogens (primary N) is 1. The number of amides is 2. The Bertz CT molecular complexity index is 1070. The minimum absolute atomic E-state index is 0.117. The van der Waals surface area contributed by atoms with Crippen molar-refractivity contribution in [2.45, 2.75) is 20.3 Å². The van der Waals surface area contributed by atoms with Gasteiger partial charge >= 0.3 is 0 Å². The number of carbonyl (C=O) groups is 2. The normalized spacial score (nSPS) is 10.4. The van der Waals surface area contributed by atoms with E-state index in [1.165, 1.54) is 11.3 Å². The molecule has 3 aromatic rings. The van der Waals surface area contributed by atoms with Crippen LogP contribution in [-0.2, 0) is 6.42 Å². The number of rotatable bonds is 5. The van der Waals surface area contributed by atoms with Gasteiger partial charge in [-0.25, -0.2) is 0 Å². The Morgan fingerprint density at radius 2 is 1.79 bits per heavy atom. The van der Waals surface area contributed by atoms with Gasteiger partial charge in [0.1, 0.15) is 5.00 Å². The topological polar surface area (TPSA) is 84.2 Å². The van der Waals surface area contributed by atoms with Gasteiger partial charge in [-0.3, -0.25) is 14.9 Å². The molecule has 4 N–H and O–H groups in total. The third-order valence-electron chi connectivity index (χ3n) is 4.43. The fourth-order valence-electron chi connectivity index (χ4n) is 2.99. The molecule has 0 unspecified atom stereocenters. The van der Waals surface area contributed by atoms with E-state index in [1.54, 1.807) is 12.1 Å². The summed E-state index contributed by atoms with van der Waals surface area (Å²) in [6.07, 6.45) is 0.682. The molecule has 0 aliphatic rings. The summed E-state index contributed by atoms with van der Waals surface area (Å²) in [5.41, 5.74) is 9.44. The van der Waals surface area contributed by atoms with Crippen molar-refractivity contribution in [3.63, 3.8) is 0 Å². The van der Waals surface area contributed by atoms with Crippen LogP contribution in [0.15, 0.2) is 54.6 Å². The lowest BCUT2D eigenvalue weighted by Gasteiger charge is -2.09. The maximum atomic E-state index is 12.4. The van der Waals surface area contributed by atoms with Gasteiger partial charge in [0.15, 0.2) is 5.11 Å². The Balaban J connectivity index is 1.78. The van der Waals surface area contributed by atoms with Gasteiger partial charge in [0, 0.05) is 16.9 Å². The van der Waals surface area contributed by atoms with E-state index in [9.17, 15) is 9.59 Å². The van der Waals surface area contributed by atoms with Crippen LogP contribution in [-0.4, -0.2) is 16.9 Å². The number of primary amides is 1. The van der Waals surface area contributed by atoms with Gasteiger partial charge in [-0.05, 0) is 49.3 Å². The fourth-order valence-corrected chi connectivity index (χ4v) is 4.50. The number of benzene rings is 2. The second-order valence-corrected chi connectivity index (χ2v) is 8.17. The van der Waals surface area contributed by atoms with E-state index in [4.69, 9.17) is 18.0 Å². The average Bonchev–Trinajstić information content (AvgIpc) is 2.97. The lowest BCUT2D eigenvalue weighted by molar-refractivity contribution is 0.0975. The van der Waals surface area contributed by atoms with E-state index in [0.717, 1.165) is 21.6 Å². The van der Waals surface area contributed by atoms with Gasteiger partial charge in [0.25, 0.3) is 11.8 Å². The van der Waals surface area contributed by atoms with Crippen LogP contribution in [0.3, 0.4) is 0 Å². The number of thiophene rings is 1. The van der Waals surface area contributed by atoms with Crippen molar-refractivity contribution in [1.29, 1.82) is 0 Å². The van der Waals surface area contributed by atoms with E-state index in [0.29, 0.717) is 22.5 Å². The summed E-state index contributed by atoms with van der Waals surface area (Å²) in [6, 6.07) is 17.2. The second kappa shape index (κ2) is 8.98. The molecule has 1 heterocycles. The number of anilines is 1. The molecule has 0 saturated heterocycles. The van der Waals surface area contributed by atoms with Crippen LogP contribution < -0.4 is 16.4 Å². The van der Waals surface area contributed by atoms with Crippen molar-refractivity contribution in [2.24, 2.45) is 5.73 Å². The molecular formula is C22H21N3O2S2. The molecule has 0 aliphatic heterocycles. The molecule has 0 atom stereocenters. The highest BCUT2D eigenvalue weighted by atomic mass is 32.1. The highest BCUT2D eigenvalue weighted by Crippen LogP contribution is 2.34. The third kappa shape index (κ3) is 5.07. The molecule has 1 aromatic heterocycles. The van der Waals surface area contributed by atoms with Gasteiger partial charge in [0.05, 0.1) is 5.56 Å².